The molecule has 2 heterocycles. The van der Waals surface area contributed by atoms with Crippen LogP contribution >= 0.6 is 24.0 Å². The summed E-state index contributed by atoms with van der Waals surface area (Å²) in [6.45, 7) is 4.85. The smallest absolute Gasteiger partial charge is 0.191 e. The van der Waals surface area contributed by atoms with Gasteiger partial charge in [-0.2, -0.15) is 0 Å². The third kappa shape index (κ3) is 4.65. The molecule has 1 atom stereocenters. The standard InChI is InChI=1S/C18H25N5O.HI/c1-18(2)11-14(13-7-5-6-8-15(13)24-18)22-17(19-3)21-12-16-20-9-10-23(16)4;/h5-10,14H,11-12H2,1-4H3,(H2,19,21,22);1H. The SMILES string of the molecule is CN=C(NCc1nccn1C)NC1CC(C)(C)Oc2ccccc21.I. The van der Waals surface area contributed by atoms with E-state index in [9.17, 15) is 0 Å². The van der Waals surface area contributed by atoms with E-state index in [0.717, 1.165) is 29.5 Å². The highest BCUT2D eigenvalue weighted by Crippen LogP contribution is 2.39. The number of hydrogen-bond acceptors (Lipinski definition) is 3. The fraction of sp³-hybridized carbons (Fsp3) is 0.444. The van der Waals surface area contributed by atoms with E-state index in [-0.39, 0.29) is 35.6 Å². The van der Waals surface area contributed by atoms with E-state index in [1.165, 1.54) is 0 Å². The van der Waals surface area contributed by atoms with Crippen LogP contribution in [0.3, 0.4) is 0 Å². The molecule has 0 spiro atoms. The van der Waals surface area contributed by atoms with E-state index < -0.39 is 0 Å². The summed E-state index contributed by atoms with van der Waals surface area (Å²) in [5.74, 6) is 2.66. The van der Waals surface area contributed by atoms with Crippen LogP contribution < -0.4 is 15.4 Å². The summed E-state index contributed by atoms with van der Waals surface area (Å²) in [4.78, 5) is 8.67. The monoisotopic (exact) mass is 455 g/mol. The number of benzene rings is 1. The van der Waals surface area contributed by atoms with Crippen molar-refractivity contribution in [3.63, 3.8) is 0 Å². The minimum atomic E-state index is -0.218. The van der Waals surface area contributed by atoms with Gasteiger partial charge in [0.1, 0.15) is 17.2 Å². The lowest BCUT2D eigenvalue weighted by molar-refractivity contribution is 0.0694. The zero-order valence-electron chi connectivity index (χ0n) is 15.1. The Labute approximate surface area is 166 Å². The number of hydrogen-bond donors (Lipinski definition) is 2. The number of rotatable bonds is 3. The Morgan fingerprint density at radius 1 is 1.40 bits per heavy atom. The number of aromatic nitrogens is 2. The predicted octanol–water partition coefficient (Wildman–Crippen LogP) is 3.01. The molecule has 3 rings (SSSR count). The molecule has 6 nitrogen and oxygen atoms in total. The van der Waals surface area contributed by atoms with Gasteiger partial charge in [-0.15, -0.1) is 24.0 Å². The van der Waals surface area contributed by atoms with Crippen LogP contribution in [-0.4, -0.2) is 28.2 Å². The second-order valence-corrected chi connectivity index (χ2v) is 6.68. The van der Waals surface area contributed by atoms with Gasteiger partial charge in [-0.3, -0.25) is 4.99 Å². The first-order valence-electron chi connectivity index (χ1n) is 8.20. The number of nitrogens with zero attached hydrogens (tertiary/aromatic N) is 3. The first-order valence-corrected chi connectivity index (χ1v) is 8.20. The zero-order valence-corrected chi connectivity index (χ0v) is 17.4. The molecule has 0 radical (unpaired) electrons. The number of halogens is 1. The van der Waals surface area contributed by atoms with Gasteiger partial charge in [0.05, 0.1) is 12.6 Å². The largest absolute Gasteiger partial charge is 0.487 e. The van der Waals surface area contributed by atoms with Gasteiger partial charge in [-0.25, -0.2) is 4.98 Å². The van der Waals surface area contributed by atoms with Gasteiger partial charge < -0.3 is 19.9 Å². The number of fused-ring (bicyclic) bond motifs is 1. The number of ether oxygens (including phenoxy) is 1. The molecule has 25 heavy (non-hydrogen) atoms. The fourth-order valence-corrected chi connectivity index (χ4v) is 3.02. The molecule has 7 heteroatoms. The number of guanidine groups is 1. The highest BCUT2D eigenvalue weighted by Gasteiger charge is 2.33. The molecule has 1 aromatic carbocycles. The Bertz CT molecular complexity index is 741. The van der Waals surface area contributed by atoms with Crippen molar-refractivity contribution in [2.75, 3.05) is 7.05 Å². The van der Waals surface area contributed by atoms with Crippen molar-refractivity contribution in [3.8, 4) is 5.75 Å². The van der Waals surface area contributed by atoms with E-state index in [1.807, 2.05) is 36.0 Å². The lowest BCUT2D eigenvalue weighted by Crippen LogP contribution is -2.45. The maximum absolute atomic E-state index is 6.09. The van der Waals surface area contributed by atoms with Gasteiger partial charge in [0.25, 0.3) is 0 Å². The molecule has 2 N–H and O–H groups in total. The van der Waals surface area contributed by atoms with Gasteiger partial charge in [0.15, 0.2) is 5.96 Å². The van der Waals surface area contributed by atoms with Crippen LogP contribution in [0.1, 0.15) is 37.7 Å². The molecule has 136 valence electrons. The van der Waals surface area contributed by atoms with Crippen molar-refractivity contribution < 1.29 is 4.74 Å². The molecule has 1 unspecified atom stereocenters. The molecule has 0 fully saturated rings. The number of nitrogens with one attached hydrogen (secondary N) is 2. The van der Waals surface area contributed by atoms with E-state index in [0.29, 0.717) is 6.54 Å². The molecule has 0 saturated heterocycles. The van der Waals surface area contributed by atoms with Crippen molar-refractivity contribution in [2.24, 2.45) is 12.0 Å². The number of imidazole rings is 1. The lowest BCUT2D eigenvalue weighted by atomic mass is 9.90. The second-order valence-electron chi connectivity index (χ2n) is 6.68. The van der Waals surface area contributed by atoms with Crippen molar-refractivity contribution in [2.45, 2.75) is 38.5 Å². The van der Waals surface area contributed by atoms with Gasteiger partial charge in [-0.1, -0.05) is 18.2 Å². The van der Waals surface area contributed by atoms with Gasteiger partial charge >= 0.3 is 0 Å². The molecule has 1 aromatic heterocycles. The fourth-order valence-electron chi connectivity index (χ4n) is 3.02. The maximum Gasteiger partial charge on any atom is 0.191 e. The van der Waals surface area contributed by atoms with Crippen molar-refractivity contribution in [3.05, 3.63) is 48.0 Å². The Kier molecular flexibility index (Phi) is 6.31. The van der Waals surface area contributed by atoms with E-state index >= 15 is 0 Å². The minimum Gasteiger partial charge on any atom is -0.487 e. The topological polar surface area (TPSA) is 63.5 Å². The van der Waals surface area contributed by atoms with Crippen LogP contribution in [0, 0.1) is 0 Å². The summed E-state index contributed by atoms with van der Waals surface area (Å²) in [7, 11) is 3.77. The molecule has 0 bridgehead atoms. The molecule has 2 aromatic rings. The molecule has 0 amide bonds. The normalized spacial score (nSPS) is 18.6. The van der Waals surface area contributed by atoms with E-state index in [2.05, 4.69) is 40.5 Å². The third-order valence-electron chi connectivity index (χ3n) is 4.25. The van der Waals surface area contributed by atoms with Crippen LogP contribution in [0.5, 0.6) is 5.75 Å². The first-order chi connectivity index (χ1) is 11.5. The van der Waals surface area contributed by atoms with Crippen LogP contribution in [-0.2, 0) is 13.6 Å². The summed E-state index contributed by atoms with van der Waals surface area (Å²) in [5.41, 5.74) is 0.946. The highest BCUT2D eigenvalue weighted by atomic mass is 127. The van der Waals surface area contributed by atoms with Gasteiger partial charge in [-0.05, 0) is 19.9 Å². The van der Waals surface area contributed by atoms with Crippen molar-refractivity contribution in [1.82, 2.24) is 20.2 Å². The van der Waals surface area contributed by atoms with Crippen LogP contribution in [0.2, 0.25) is 0 Å². The third-order valence-corrected chi connectivity index (χ3v) is 4.25. The van der Waals surface area contributed by atoms with Crippen LogP contribution in [0.15, 0.2) is 41.7 Å². The second kappa shape index (κ2) is 8.07. The van der Waals surface area contributed by atoms with Gasteiger partial charge in [0, 0.05) is 38.5 Å². The van der Waals surface area contributed by atoms with Crippen molar-refractivity contribution in [1.29, 1.82) is 0 Å². The Hall–Kier alpha value is -1.77. The van der Waals surface area contributed by atoms with Gasteiger partial charge in [0.2, 0.25) is 0 Å². The molecule has 0 aliphatic carbocycles. The summed E-state index contributed by atoms with van der Waals surface area (Å²) in [6, 6.07) is 8.33. The molecule has 0 saturated carbocycles. The lowest BCUT2D eigenvalue weighted by Gasteiger charge is -2.38. The Morgan fingerprint density at radius 2 is 2.16 bits per heavy atom. The van der Waals surface area contributed by atoms with Crippen LogP contribution in [0.4, 0.5) is 0 Å². The average Bonchev–Trinajstić information content (AvgIpc) is 2.95. The number of aliphatic imine (C=N–C) groups is 1. The number of aryl methyl sites for hydroxylation is 1. The van der Waals surface area contributed by atoms with Crippen molar-refractivity contribution >= 4 is 29.9 Å². The Balaban J connectivity index is 0.00000225. The van der Waals surface area contributed by atoms with E-state index in [1.54, 1.807) is 13.2 Å². The predicted molar refractivity (Wildman–Crippen MR) is 110 cm³/mol. The van der Waals surface area contributed by atoms with Crippen LogP contribution in [0.25, 0.3) is 0 Å². The minimum absolute atomic E-state index is 0. The number of para-hydroxylation sites is 1. The van der Waals surface area contributed by atoms with E-state index in [4.69, 9.17) is 4.74 Å². The Morgan fingerprint density at radius 3 is 2.84 bits per heavy atom. The average molecular weight is 455 g/mol. The summed E-state index contributed by atoms with van der Waals surface area (Å²) in [6.07, 6.45) is 4.60. The molecule has 1 aliphatic heterocycles. The quantitative estimate of drug-likeness (QED) is 0.425. The zero-order chi connectivity index (χ0) is 17.2. The summed E-state index contributed by atoms with van der Waals surface area (Å²) >= 11 is 0. The first kappa shape index (κ1) is 19.6. The molecular weight excluding hydrogens is 429 g/mol. The summed E-state index contributed by atoms with van der Waals surface area (Å²) < 4.78 is 8.08. The highest BCUT2D eigenvalue weighted by molar-refractivity contribution is 14.0. The maximum atomic E-state index is 6.09. The molecule has 1 aliphatic rings. The molecular formula is C18H26IN5O. The summed E-state index contributed by atoms with van der Waals surface area (Å²) in [5, 5.41) is 6.85.